The lowest BCUT2D eigenvalue weighted by molar-refractivity contribution is -0.232. The molecule has 26 heavy (non-hydrogen) atoms. The Bertz CT molecular complexity index is 838. The van der Waals surface area contributed by atoms with Crippen molar-refractivity contribution in [1.82, 2.24) is 9.80 Å². The molecule has 0 aromatic heterocycles. The van der Waals surface area contributed by atoms with E-state index in [1.807, 2.05) is 24.3 Å². The summed E-state index contributed by atoms with van der Waals surface area (Å²) in [6, 6.07) is 15.5. The smallest absolute Gasteiger partial charge is 0.157 e. The first-order valence-corrected chi connectivity index (χ1v) is 9.17. The molecule has 5 heteroatoms. The van der Waals surface area contributed by atoms with Gasteiger partial charge in [-0.2, -0.15) is 0 Å². The number of rotatable bonds is 2. The van der Waals surface area contributed by atoms with Crippen molar-refractivity contribution in [2.75, 3.05) is 26.2 Å². The minimum Gasteiger partial charge on any atom is -0.504 e. The maximum Gasteiger partial charge on any atom is 0.157 e. The molecule has 0 amide bonds. The summed E-state index contributed by atoms with van der Waals surface area (Å²) in [5, 5.41) is 30.9. The molecule has 4 aliphatic rings. The average molecular weight is 352 g/mol. The van der Waals surface area contributed by atoms with Gasteiger partial charge in [-0.1, -0.05) is 43.3 Å². The number of benzene rings is 2. The first-order chi connectivity index (χ1) is 12.4. The molecule has 3 N–H and O–H groups in total. The lowest BCUT2D eigenvalue weighted by Crippen LogP contribution is -2.79. The van der Waals surface area contributed by atoms with Crippen LogP contribution in [0.25, 0.3) is 0 Å². The summed E-state index contributed by atoms with van der Waals surface area (Å²) in [5.41, 5.74) is 1.71. The van der Waals surface area contributed by atoms with Gasteiger partial charge in [0, 0.05) is 37.0 Å². The van der Waals surface area contributed by atoms with Crippen LogP contribution < -0.4 is 0 Å². The minimum atomic E-state index is -0.376. The summed E-state index contributed by atoms with van der Waals surface area (Å²) in [6.45, 7) is 5.41. The van der Waals surface area contributed by atoms with Crippen molar-refractivity contribution in [3.63, 3.8) is 0 Å². The van der Waals surface area contributed by atoms with E-state index in [9.17, 15) is 15.3 Å². The van der Waals surface area contributed by atoms with Crippen LogP contribution in [-0.4, -0.2) is 57.4 Å². The fraction of sp³-hybridized carbons (Fsp3) is 0.429. The zero-order valence-electron chi connectivity index (χ0n) is 14.8. The van der Waals surface area contributed by atoms with E-state index in [1.165, 1.54) is 5.56 Å². The van der Waals surface area contributed by atoms with E-state index in [0.29, 0.717) is 0 Å². The monoisotopic (exact) mass is 352 g/mol. The zero-order chi connectivity index (χ0) is 18.1. The van der Waals surface area contributed by atoms with Gasteiger partial charge in [-0.25, -0.2) is 0 Å². The van der Waals surface area contributed by atoms with Crippen molar-refractivity contribution in [3.8, 4) is 11.5 Å². The van der Waals surface area contributed by atoms with Crippen molar-refractivity contribution in [2.45, 2.75) is 24.6 Å². The van der Waals surface area contributed by atoms with E-state index in [-0.39, 0.29) is 34.6 Å². The van der Waals surface area contributed by atoms with Gasteiger partial charge in [-0.05, 0) is 23.3 Å². The fourth-order valence-electron chi connectivity index (χ4n) is 5.69. The molecule has 0 spiro atoms. The second kappa shape index (κ2) is 5.22. The predicted molar refractivity (Wildman–Crippen MR) is 97.9 cm³/mol. The Hall–Kier alpha value is -2.08. The minimum absolute atomic E-state index is 0.0684. The van der Waals surface area contributed by atoms with Crippen LogP contribution in [0.4, 0.5) is 0 Å². The quantitative estimate of drug-likeness (QED) is 0.722. The van der Waals surface area contributed by atoms with Crippen LogP contribution in [0.3, 0.4) is 0 Å². The highest BCUT2D eigenvalue weighted by Crippen LogP contribution is 2.55. The van der Waals surface area contributed by atoms with E-state index in [2.05, 4.69) is 28.9 Å². The van der Waals surface area contributed by atoms with Gasteiger partial charge in [0.05, 0.1) is 12.3 Å². The third-order valence-electron chi connectivity index (χ3n) is 6.62. The molecule has 5 nitrogen and oxygen atoms in total. The van der Waals surface area contributed by atoms with Crippen molar-refractivity contribution < 1.29 is 15.3 Å². The predicted octanol–water partition coefficient (Wildman–Crippen LogP) is 2.05. The van der Waals surface area contributed by atoms with Gasteiger partial charge in [-0.3, -0.25) is 9.80 Å². The van der Waals surface area contributed by atoms with Crippen LogP contribution >= 0.6 is 0 Å². The standard InChI is InChI=1S/C21H24N2O3/c1-20-10-22-12-21(19(20)26,15-5-3-2-4-6-15)13-23(11-20)18(22)14-7-8-16(24)17(25)9-14/h2-9,18-19,24-26H,10-13H2,1H3. The van der Waals surface area contributed by atoms with E-state index in [4.69, 9.17) is 0 Å². The third-order valence-corrected chi connectivity index (χ3v) is 6.62. The van der Waals surface area contributed by atoms with Crippen LogP contribution in [0, 0.1) is 5.41 Å². The molecule has 3 atom stereocenters. The Morgan fingerprint density at radius 3 is 2.15 bits per heavy atom. The molecular formula is C21H24N2O3. The summed E-state index contributed by atoms with van der Waals surface area (Å²) < 4.78 is 0. The lowest BCUT2D eigenvalue weighted by atomic mass is 9.57. The van der Waals surface area contributed by atoms with Gasteiger partial charge in [0.2, 0.25) is 0 Å². The SMILES string of the molecule is CC12CN3CC(c4ccccc4)(CN(C1)C3c1ccc(O)c(O)c1)C2O. The molecule has 4 saturated heterocycles. The molecule has 3 unspecified atom stereocenters. The number of hydrogen-bond donors (Lipinski definition) is 3. The number of piperidine rings is 2. The van der Waals surface area contributed by atoms with Crippen LogP contribution in [0.15, 0.2) is 48.5 Å². The van der Waals surface area contributed by atoms with Crippen LogP contribution in [-0.2, 0) is 5.41 Å². The van der Waals surface area contributed by atoms with Crippen molar-refractivity contribution in [3.05, 3.63) is 59.7 Å². The molecule has 0 saturated carbocycles. The molecule has 0 aliphatic carbocycles. The van der Waals surface area contributed by atoms with E-state index in [1.54, 1.807) is 12.1 Å². The molecular weight excluding hydrogens is 328 g/mol. The normalized spacial score (nSPS) is 40.7. The summed E-state index contributed by atoms with van der Waals surface area (Å²) in [7, 11) is 0. The van der Waals surface area contributed by atoms with Gasteiger partial charge in [-0.15, -0.1) is 0 Å². The first-order valence-electron chi connectivity index (χ1n) is 9.17. The van der Waals surface area contributed by atoms with E-state index >= 15 is 0 Å². The summed E-state index contributed by atoms with van der Waals surface area (Å²) in [4.78, 5) is 4.83. The van der Waals surface area contributed by atoms with Crippen LogP contribution in [0.1, 0.15) is 24.2 Å². The number of nitrogens with zero attached hydrogens (tertiary/aromatic N) is 2. The topological polar surface area (TPSA) is 67.2 Å². The van der Waals surface area contributed by atoms with Gasteiger partial charge < -0.3 is 15.3 Å². The number of phenols is 2. The molecule has 136 valence electrons. The van der Waals surface area contributed by atoms with Gasteiger partial charge >= 0.3 is 0 Å². The molecule has 2 aromatic carbocycles. The Kier molecular flexibility index (Phi) is 3.24. The molecule has 4 heterocycles. The van der Waals surface area contributed by atoms with Crippen LogP contribution in [0.5, 0.6) is 11.5 Å². The van der Waals surface area contributed by atoms with E-state index < -0.39 is 0 Å². The molecule has 2 aromatic rings. The number of phenolic OH excluding ortho intramolecular Hbond substituents is 2. The third kappa shape index (κ3) is 2.02. The molecule has 0 radical (unpaired) electrons. The number of aliphatic hydroxyl groups excluding tert-OH is 1. The maximum atomic E-state index is 11.3. The summed E-state index contributed by atoms with van der Waals surface area (Å²) in [5.74, 6) is -0.173. The molecule has 6 rings (SSSR count). The van der Waals surface area contributed by atoms with E-state index in [0.717, 1.165) is 31.7 Å². The molecule has 4 bridgehead atoms. The van der Waals surface area contributed by atoms with Crippen LogP contribution in [0.2, 0.25) is 0 Å². The largest absolute Gasteiger partial charge is 0.504 e. The Labute approximate surface area is 153 Å². The highest BCUT2D eigenvalue weighted by Gasteiger charge is 2.64. The first kappa shape index (κ1) is 16.1. The molecule has 4 fully saturated rings. The Balaban J connectivity index is 1.58. The average Bonchev–Trinajstić information content (AvgIpc) is 2.62. The highest BCUT2D eigenvalue weighted by atomic mass is 16.3. The van der Waals surface area contributed by atoms with Crippen molar-refractivity contribution in [2.24, 2.45) is 5.41 Å². The highest BCUT2D eigenvalue weighted by molar-refractivity contribution is 5.43. The summed E-state index contributed by atoms with van der Waals surface area (Å²) >= 11 is 0. The fourth-order valence-corrected chi connectivity index (χ4v) is 5.69. The summed E-state index contributed by atoms with van der Waals surface area (Å²) in [6.07, 6.45) is -0.307. The Morgan fingerprint density at radius 2 is 1.54 bits per heavy atom. The second-order valence-corrected chi connectivity index (χ2v) is 8.51. The van der Waals surface area contributed by atoms with Crippen molar-refractivity contribution >= 4 is 0 Å². The van der Waals surface area contributed by atoms with Crippen molar-refractivity contribution in [1.29, 1.82) is 0 Å². The van der Waals surface area contributed by atoms with Gasteiger partial charge in [0.25, 0.3) is 0 Å². The number of aliphatic hydroxyl groups is 1. The maximum absolute atomic E-state index is 11.3. The lowest BCUT2D eigenvalue weighted by Gasteiger charge is -2.69. The second-order valence-electron chi connectivity index (χ2n) is 8.51. The van der Waals surface area contributed by atoms with Gasteiger partial charge in [0.1, 0.15) is 0 Å². The molecule has 4 aliphatic heterocycles. The zero-order valence-corrected chi connectivity index (χ0v) is 14.8. The van der Waals surface area contributed by atoms with Gasteiger partial charge in [0.15, 0.2) is 11.5 Å². The number of aromatic hydroxyl groups is 2. The number of hydrogen-bond acceptors (Lipinski definition) is 5. The Morgan fingerprint density at radius 1 is 0.885 bits per heavy atom.